The Morgan fingerprint density at radius 1 is 0.468 bits per heavy atom. The fourth-order valence-electron chi connectivity index (χ4n) is 7.09. The fraction of sp³-hybridized carbons (Fsp3) is 0.833. The first-order chi connectivity index (χ1) is 30.2. The zero-order valence-electron chi connectivity index (χ0n) is 42.6. The van der Waals surface area contributed by atoms with Crippen LogP contribution in [0.5, 0.6) is 0 Å². The van der Waals surface area contributed by atoms with Gasteiger partial charge in [0.2, 0.25) is 0 Å². The lowest BCUT2D eigenvalue weighted by atomic mass is 10.0. The molecule has 0 spiro atoms. The second kappa shape index (κ2) is 51.7. The van der Waals surface area contributed by atoms with Gasteiger partial charge in [-0.2, -0.15) is 0 Å². The van der Waals surface area contributed by atoms with E-state index in [4.69, 9.17) is 14.6 Å². The Kier molecular flexibility index (Phi) is 51.8. The van der Waals surface area contributed by atoms with E-state index in [1.54, 1.807) is 0 Å². The number of carbonyl (C=O) groups is 1. The minimum atomic E-state index is -0.483. The Hall–Kier alpha value is -1.97. The van der Waals surface area contributed by atoms with Gasteiger partial charge in [0.05, 0.1) is 6.61 Å². The van der Waals surface area contributed by atoms with Crippen molar-refractivity contribution in [1.82, 2.24) is 19.6 Å². The first-order valence-corrected chi connectivity index (χ1v) is 26.0. The van der Waals surface area contributed by atoms with E-state index in [1.165, 1.54) is 128 Å². The molecule has 0 saturated carbocycles. The lowest BCUT2D eigenvalue weighted by molar-refractivity contribution is 0.0120. The van der Waals surface area contributed by atoms with E-state index in [1.807, 2.05) is 0 Å². The van der Waals surface area contributed by atoms with E-state index < -0.39 is 6.16 Å². The quantitative estimate of drug-likeness (QED) is 0.0369. The summed E-state index contributed by atoms with van der Waals surface area (Å²) < 4.78 is 11.4. The summed E-state index contributed by atoms with van der Waals surface area (Å²) in [6.45, 7) is 17.1. The van der Waals surface area contributed by atoms with Gasteiger partial charge in [0, 0.05) is 39.3 Å². The number of ether oxygens (including phenoxy) is 2. The van der Waals surface area contributed by atoms with Crippen LogP contribution in [0.15, 0.2) is 48.6 Å². The Balaban J connectivity index is 0. The molecule has 0 radical (unpaired) electrons. The minimum absolute atomic E-state index is 0.0230. The normalized spacial score (nSPS) is 12.2. The van der Waals surface area contributed by atoms with Gasteiger partial charge in [-0.3, -0.25) is 4.90 Å². The predicted octanol–water partition coefficient (Wildman–Crippen LogP) is 13.7. The van der Waals surface area contributed by atoms with Crippen LogP contribution in [-0.2, 0) is 9.47 Å². The second-order valence-corrected chi connectivity index (χ2v) is 17.8. The molecule has 0 heterocycles. The van der Waals surface area contributed by atoms with E-state index in [0.717, 1.165) is 90.9 Å². The highest BCUT2D eigenvalue weighted by Gasteiger charge is 2.16. The molecule has 0 aromatic rings. The first kappa shape index (κ1) is 62.1. The summed E-state index contributed by atoms with van der Waals surface area (Å²) in [5, 5.41) is 8.68. The Bertz CT molecular complexity index is 966. The molecule has 62 heavy (non-hydrogen) atoms. The van der Waals surface area contributed by atoms with Gasteiger partial charge in [-0.05, 0) is 131 Å². The van der Waals surface area contributed by atoms with Crippen LogP contribution in [0.3, 0.4) is 0 Å². The van der Waals surface area contributed by atoms with Crippen molar-refractivity contribution in [3.63, 3.8) is 0 Å². The highest BCUT2D eigenvalue weighted by Crippen LogP contribution is 2.18. The zero-order chi connectivity index (χ0) is 46.0. The van der Waals surface area contributed by atoms with Crippen molar-refractivity contribution in [1.29, 1.82) is 0 Å². The lowest BCUT2D eigenvalue weighted by Gasteiger charge is -2.22. The van der Waals surface area contributed by atoms with Crippen LogP contribution in [-0.4, -0.2) is 131 Å². The monoisotopic (exact) mass is 875 g/mol. The Morgan fingerprint density at radius 2 is 0.839 bits per heavy atom. The van der Waals surface area contributed by atoms with Gasteiger partial charge < -0.3 is 29.3 Å². The Labute approximate surface area is 387 Å². The number of unbranched alkanes of at least 4 members (excludes halogenated alkanes) is 18. The number of aliphatic hydroxyl groups is 1. The first-order valence-electron chi connectivity index (χ1n) is 26.0. The zero-order valence-corrected chi connectivity index (χ0v) is 42.6. The molecule has 0 aromatic heterocycles. The molecule has 0 amide bonds. The van der Waals surface area contributed by atoms with Gasteiger partial charge in [-0.1, -0.05) is 153 Å². The largest absolute Gasteiger partial charge is 0.508 e. The summed E-state index contributed by atoms with van der Waals surface area (Å²) in [6.07, 6.45) is 50.0. The number of allylic oxidation sites excluding steroid dienone is 8. The molecular weight excluding hydrogens is 769 g/mol. The summed E-state index contributed by atoms with van der Waals surface area (Å²) in [5.41, 5.74) is 0. The second-order valence-electron chi connectivity index (χ2n) is 17.8. The van der Waals surface area contributed by atoms with Gasteiger partial charge in [-0.25, -0.2) is 4.79 Å². The van der Waals surface area contributed by atoms with Crippen LogP contribution >= 0.6 is 0 Å². The van der Waals surface area contributed by atoms with Crippen molar-refractivity contribution in [2.75, 3.05) is 93.8 Å². The topological polar surface area (TPSA) is 68.7 Å². The number of carbonyl (C=O) groups excluding carboxylic acids is 1. The number of hydrogen-bond donors (Lipinski definition) is 1. The molecule has 0 saturated heterocycles. The smallest absolute Gasteiger partial charge is 0.433 e. The molecule has 0 aliphatic rings. The van der Waals surface area contributed by atoms with Gasteiger partial charge in [0.25, 0.3) is 0 Å². The summed E-state index contributed by atoms with van der Waals surface area (Å²) in [4.78, 5) is 21.5. The number of aliphatic hydroxyl groups excluding tert-OH is 1. The molecule has 0 aliphatic heterocycles. The third-order valence-electron chi connectivity index (χ3n) is 11.4. The van der Waals surface area contributed by atoms with Crippen LogP contribution in [0.2, 0.25) is 0 Å². The van der Waals surface area contributed by atoms with Crippen LogP contribution in [0.4, 0.5) is 4.79 Å². The van der Waals surface area contributed by atoms with Crippen LogP contribution in [0.1, 0.15) is 195 Å². The van der Waals surface area contributed by atoms with E-state index in [0.29, 0.717) is 6.61 Å². The fourth-order valence-corrected chi connectivity index (χ4v) is 7.09. The summed E-state index contributed by atoms with van der Waals surface area (Å²) in [6, 6.07) is 0. The maximum Gasteiger partial charge on any atom is 0.508 e. The molecule has 0 unspecified atom stereocenters. The number of hydrogen-bond acceptors (Lipinski definition) is 8. The predicted molar refractivity (Wildman–Crippen MR) is 273 cm³/mol. The van der Waals surface area contributed by atoms with E-state index >= 15 is 0 Å². The summed E-state index contributed by atoms with van der Waals surface area (Å²) in [7, 11) is 8.30. The van der Waals surface area contributed by atoms with Crippen molar-refractivity contribution in [3.05, 3.63) is 48.6 Å². The average Bonchev–Trinajstić information content (AvgIpc) is 3.25. The summed E-state index contributed by atoms with van der Waals surface area (Å²) in [5.74, 6) is 0. The third kappa shape index (κ3) is 50.7. The maximum absolute atomic E-state index is 12.6. The van der Waals surface area contributed by atoms with Crippen molar-refractivity contribution in [2.45, 2.75) is 201 Å². The van der Waals surface area contributed by atoms with Gasteiger partial charge in [0.15, 0.2) is 0 Å². The molecule has 0 aliphatic carbocycles. The van der Waals surface area contributed by atoms with E-state index in [2.05, 4.69) is 124 Å². The minimum Gasteiger partial charge on any atom is -0.433 e. The SMILES string of the molecule is CCCCC/C=C\C/C=C\CCCCCCCCC(CCCCCCCC/C=C\C/C=C\CCCCC)OC(=O)OCCN(CC)CCN(C)C.CCN(CCO)CCN(C)C. The summed E-state index contributed by atoms with van der Waals surface area (Å²) >= 11 is 0. The number of nitrogens with zero attached hydrogens (tertiary/aromatic N) is 4. The lowest BCUT2D eigenvalue weighted by Crippen LogP contribution is -2.34. The van der Waals surface area contributed by atoms with Crippen LogP contribution < -0.4 is 0 Å². The standard InChI is InChI=1S/C46H86N2O3.C8H20N2O/c1-6-9-11-13-15-17-19-21-23-25-27-29-31-33-35-37-39-45(51-46(49)50-44-43-48(8-3)42-41-47(4)5)40-38-36-34-32-30-28-26-24-22-20-18-16-14-12-10-7-2;1-4-10(7-8-11)6-5-9(2)3/h15-18,21-24,45H,6-14,19-20,25-44H2,1-5H3;11H,4-8H2,1-3H3/b17-15-,18-16-,23-21-,24-22-;. The highest BCUT2D eigenvalue weighted by molar-refractivity contribution is 5.60. The third-order valence-corrected chi connectivity index (χ3v) is 11.4. The van der Waals surface area contributed by atoms with Crippen molar-refractivity contribution in [2.24, 2.45) is 0 Å². The molecule has 0 bridgehead atoms. The van der Waals surface area contributed by atoms with Crippen molar-refractivity contribution in [3.8, 4) is 0 Å². The number of likely N-dealkylation sites (N-methyl/N-ethyl adjacent to an activating group) is 4. The van der Waals surface area contributed by atoms with Gasteiger partial charge in [0.1, 0.15) is 12.7 Å². The molecule has 366 valence electrons. The molecule has 8 nitrogen and oxygen atoms in total. The Morgan fingerprint density at radius 3 is 1.21 bits per heavy atom. The molecular formula is C54H106N4O4. The number of rotatable bonds is 44. The van der Waals surface area contributed by atoms with Gasteiger partial charge in [-0.15, -0.1) is 0 Å². The van der Waals surface area contributed by atoms with Crippen LogP contribution in [0, 0.1) is 0 Å². The average molecular weight is 875 g/mol. The van der Waals surface area contributed by atoms with Crippen molar-refractivity contribution >= 4 is 6.16 Å². The van der Waals surface area contributed by atoms with Crippen molar-refractivity contribution < 1.29 is 19.4 Å². The van der Waals surface area contributed by atoms with E-state index in [9.17, 15) is 4.79 Å². The van der Waals surface area contributed by atoms with E-state index in [-0.39, 0.29) is 12.7 Å². The molecule has 0 fully saturated rings. The molecule has 1 N–H and O–H groups in total. The highest BCUT2D eigenvalue weighted by atomic mass is 16.7. The molecule has 8 heteroatoms. The molecule has 0 aromatic carbocycles. The maximum atomic E-state index is 12.6. The molecule has 0 atom stereocenters. The molecule has 0 rings (SSSR count). The van der Waals surface area contributed by atoms with Crippen LogP contribution in [0.25, 0.3) is 0 Å². The van der Waals surface area contributed by atoms with Gasteiger partial charge >= 0.3 is 6.16 Å².